The predicted molar refractivity (Wildman–Crippen MR) is 79.6 cm³/mol. The monoisotopic (exact) mass is 377 g/mol. The smallest absolute Gasteiger partial charge is 0.212 e. The number of nitrogens with zero attached hydrogens (tertiary/aromatic N) is 4. The quantitative estimate of drug-likeness (QED) is 0.733. The third kappa shape index (κ3) is 3.71. The Balaban J connectivity index is 1.72. The first kappa shape index (κ1) is 16.8. The van der Waals surface area contributed by atoms with E-state index in [1.807, 2.05) is 0 Å². The average Bonchev–Trinajstić information content (AvgIpc) is 3.04. The Morgan fingerprint density at radius 1 is 1.17 bits per heavy atom. The molecule has 0 aliphatic heterocycles. The molecule has 0 fully saturated rings. The molecule has 0 radical (unpaired) electrons. The zero-order valence-electron chi connectivity index (χ0n) is 11.9. The highest BCUT2D eigenvalue weighted by Crippen LogP contribution is 2.28. The summed E-state index contributed by atoms with van der Waals surface area (Å²) in [7, 11) is -3.64. The van der Waals surface area contributed by atoms with E-state index in [0.717, 1.165) is 11.3 Å². The fraction of sp³-hybridized carbons (Fsp3) is 0.250. The van der Waals surface area contributed by atoms with Crippen molar-refractivity contribution in [1.82, 2.24) is 24.5 Å². The van der Waals surface area contributed by atoms with Gasteiger partial charge in [0.1, 0.15) is 5.01 Å². The summed E-state index contributed by atoms with van der Waals surface area (Å²) < 4.78 is 65.0. The zero-order valence-corrected chi connectivity index (χ0v) is 13.5. The van der Waals surface area contributed by atoms with Gasteiger partial charge in [-0.15, -0.1) is 10.2 Å². The van der Waals surface area contributed by atoms with Crippen molar-refractivity contribution in [1.29, 1.82) is 0 Å². The Bertz CT molecular complexity index is 950. The summed E-state index contributed by atoms with van der Waals surface area (Å²) in [6.45, 7) is -0.222. The van der Waals surface area contributed by atoms with Crippen LogP contribution in [0.4, 0.5) is 13.2 Å². The van der Waals surface area contributed by atoms with Gasteiger partial charge in [-0.05, 0) is 5.56 Å². The van der Waals surface area contributed by atoms with Gasteiger partial charge in [-0.25, -0.2) is 13.1 Å². The lowest BCUT2D eigenvalue weighted by atomic mass is 10.2. The highest BCUT2D eigenvalue weighted by Gasteiger charge is 2.38. The third-order valence-electron chi connectivity index (χ3n) is 2.93. The average molecular weight is 377 g/mol. The SMILES string of the molecule is O=S(=O)(Cc1ccccc1)NCc1nn2c(C(F)(F)F)nnc2s1. The van der Waals surface area contributed by atoms with E-state index in [4.69, 9.17) is 0 Å². The van der Waals surface area contributed by atoms with E-state index in [9.17, 15) is 21.6 Å². The van der Waals surface area contributed by atoms with Gasteiger partial charge < -0.3 is 0 Å². The maximum atomic E-state index is 12.7. The van der Waals surface area contributed by atoms with Gasteiger partial charge >= 0.3 is 6.18 Å². The van der Waals surface area contributed by atoms with E-state index < -0.39 is 22.0 Å². The van der Waals surface area contributed by atoms with Gasteiger partial charge in [-0.2, -0.15) is 22.8 Å². The highest BCUT2D eigenvalue weighted by atomic mass is 32.2. The fourth-order valence-electron chi connectivity index (χ4n) is 1.92. The van der Waals surface area contributed by atoms with E-state index in [0.29, 0.717) is 10.1 Å². The number of sulfonamides is 1. The summed E-state index contributed by atoms with van der Waals surface area (Å²) in [5, 5.41) is 10.3. The van der Waals surface area contributed by atoms with Crippen molar-refractivity contribution < 1.29 is 21.6 Å². The molecule has 0 amide bonds. The Hall–Kier alpha value is -2.05. The van der Waals surface area contributed by atoms with Gasteiger partial charge in [0.15, 0.2) is 0 Å². The Kier molecular flexibility index (Phi) is 4.27. The van der Waals surface area contributed by atoms with Crippen LogP contribution in [-0.2, 0) is 28.5 Å². The Morgan fingerprint density at radius 2 is 1.88 bits per heavy atom. The van der Waals surface area contributed by atoms with Crippen molar-refractivity contribution in [2.75, 3.05) is 0 Å². The van der Waals surface area contributed by atoms with Crippen molar-refractivity contribution >= 4 is 26.3 Å². The van der Waals surface area contributed by atoms with Crippen LogP contribution in [-0.4, -0.2) is 28.2 Å². The van der Waals surface area contributed by atoms with Crippen LogP contribution in [0.2, 0.25) is 0 Å². The minimum atomic E-state index is -4.68. The largest absolute Gasteiger partial charge is 0.453 e. The molecule has 0 atom stereocenters. The number of hydrogen-bond donors (Lipinski definition) is 1. The van der Waals surface area contributed by atoms with Crippen LogP contribution in [0.3, 0.4) is 0 Å². The van der Waals surface area contributed by atoms with E-state index in [2.05, 4.69) is 20.0 Å². The molecule has 24 heavy (non-hydrogen) atoms. The van der Waals surface area contributed by atoms with Crippen LogP contribution >= 0.6 is 11.3 Å². The summed E-state index contributed by atoms with van der Waals surface area (Å²) in [5.74, 6) is -1.47. The third-order valence-corrected chi connectivity index (χ3v) is 5.13. The molecule has 2 heterocycles. The molecule has 0 saturated carbocycles. The molecule has 3 rings (SSSR count). The number of hydrogen-bond acceptors (Lipinski definition) is 6. The van der Waals surface area contributed by atoms with Crippen LogP contribution in [0.15, 0.2) is 30.3 Å². The first-order valence-electron chi connectivity index (χ1n) is 6.54. The second kappa shape index (κ2) is 6.11. The number of aromatic nitrogens is 4. The number of benzene rings is 1. The molecule has 0 aliphatic rings. The first-order chi connectivity index (χ1) is 11.2. The molecule has 0 spiro atoms. The summed E-state index contributed by atoms with van der Waals surface area (Å²) in [5.41, 5.74) is 0.600. The van der Waals surface area contributed by atoms with Gasteiger partial charge in [-0.1, -0.05) is 41.7 Å². The molecule has 0 aliphatic carbocycles. The maximum absolute atomic E-state index is 12.7. The number of rotatable bonds is 5. The predicted octanol–water partition coefficient (Wildman–Crippen LogP) is 1.82. The summed E-state index contributed by atoms with van der Waals surface area (Å²) >= 11 is 0.833. The molecule has 128 valence electrons. The summed E-state index contributed by atoms with van der Waals surface area (Å²) in [4.78, 5) is -0.0559. The van der Waals surface area contributed by atoms with E-state index in [-0.39, 0.29) is 22.3 Å². The standard InChI is InChI=1S/C12H10F3N5O2S2/c13-12(14,15)10-17-18-11-20(10)19-9(23-11)6-16-24(21,22)7-8-4-2-1-3-5-8/h1-5,16H,6-7H2. The zero-order chi connectivity index (χ0) is 17.4. The molecule has 0 bridgehead atoms. The van der Waals surface area contributed by atoms with Crippen LogP contribution < -0.4 is 4.72 Å². The van der Waals surface area contributed by atoms with Gasteiger partial charge in [0.25, 0.3) is 5.82 Å². The van der Waals surface area contributed by atoms with Gasteiger partial charge in [0.05, 0.1) is 12.3 Å². The summed E-state index contributed by atoms with van der Waals surface area (Å²) in [6, 6.07) is 8.52. The van der Waals surface area contributed by atoms with E-state index in [1.165, 1.54) is 0 Å². The van der Waals surface area contributed by atoms with Gasteiger partial charge in [0, 0.05) is 0 Å². The molecule has 3 aromatic rings. The lowest BCUT2D eigenvalue weighted by Crippen LogP contribution is -2.24. The van der Waals surface area contributed by atoms with Crippen LogP contribution in [0.1, 0.15) is 16.4 Å². The Labute approximate surface area is 138 Å². The number of halogens is 3. The van der Waals surface area contributed by atoms with Crippen molar-refractivity contribution in [2.24, 2.45) is 0 Å². The first-order valence-corrected chi connectivity index (χ1v) is 9.01. The molecular formula is C12H10F3N5O2S2. The molecule has 12 heteroatoms. The molecular weight excluding hydrogens is 367 g/mol. The van der Waals surface area contributed by atoms with Crippen molar-refractivity contribution in [2.45, 2.75) is 18.5 Å². The molecule has 0 unspecified atom stereocenters. The normalized spacial score (nSPS) is 12.8. The van der Waals surface area contributed by atoms with Crippen molar-refractivity contribution in [3.05, 3.63) is 46.7 Å². The van der Waals surface area contributed by atoms with Crippen molar-refractivity contribution in [3.63, 3.8) is 0 Å². The van der Waals surface area contributed by atoms with Crippen LogP contribution in [0, 0.1) is 0 Å². The topological polar surface area (TPSA) is 89.2 Å². The van der Waals surface area contributed by atoms with E-state index in [1.54, 1.807) is 30.3 Å². The van der Waals surface area contributed by atoms with Gasteiger partial charge in [0.2, 0.25) is 15.0 Å². The highest BCUT2D eigenvalue weighted by molar-refractivity contribution is 7.88. The maximum Gasteiger partial charge on any atom is 0.453 e. The minimum absolute atomic E-state index is 0.0559. The minimum Gasteiger partial charge on any atom is -0.212 e. The van der Waals surface area contributed by atoms with Crippen LogP contribution in [0.5, 0.6) is 0 Å². The second-order valence-corrected chi connectivity index (χ2v) is 7.62. The fourth-order valence-corrected chi connectivity index (χ4v) is 3.88. The molecule has 1 aromatic carbocycles. The second-order valence-electron chi connectivity index (χ2n) is 4.78. The van der Waals surface area contributed by atoms with Gasteiger partial charge in [-0.3, -0.25) is 0 Å². The van der Waals surface area contributed by atoms with E-state index >= 15 is 0 Å². The Morgan fingerprint density at radius 3 is 2.54 bits per heavy atom. The lowest BCUT2D eigenvalue weighted by Gasteiger charge is -2.05. The van der Waals surface area contributed by atoms with Crippen LogP contribution in [0.25, 0.3) is 4.96 Å². The lowest BCUT2D eigenvalue weighted by molar-refractivity contribution is -0.146. The summed E-state index contributed by atoms with van der Waals surface area (Å²) in [6.07, 6.45) is -4.68. The number of alkyl halides is 3. The number of nitrogens with one attached hydrogen (secondary N) is 1. The molecule has 1 N–H and O–H groups in total. The number of fused-ring (bicyclic) bond motifs is 1. The molecule has 2 aromatic heterocycles. The van der Waals surface area contributed by atoms with Crippen molar-refractivity contribution in [3.8, 4) is 0 Å². The molecule has 7 nitrogen and oxygen atoms in total. The molecule has 0 saturated heterocycles.